The SMILES string of the molecule is CCOC(=O)N1CCOC(COc2ccccc2OCC)C1.CCOc1ccccc1OCC1CN(C(=O)OC(C)C)CCO1.CCOc1ccccc1OCC1CN(C(=O)OCOC(=O)C(CC)C(C)C)CCO1.CCOc1ccccc1OCC1CN(C(=O)OCOC(=O)CC(N)C(C)C)CCO1. The second kappa shape index (κ2) is 49.0. The molecule has 4 amide bonds. The first-order valence-corrected chi connectivity index (χ1v) is 36.3. The van der Waals surface area contributed by atoms with Crippen LogP contribution in [0.25, 0.3) is 0 Å². The third kappa shape index (κ3) is 32.2. The fraction of sp³-hybridized carbons (Fsp3) is 0.605. The van der Waals surface area contributed by atoms with Crippen molar-refractivity contribution < 1.29 is 114 Å². The van der Waals surface area contributed by atoms with Gasteiger partial charge in [-0.3, -0.25) is 9.59 Å². The Labute approximate surface area is 618 Å². The molecule has 4 aromatic rings. The zero-order valence-electron chi connectivity index (χ0n) is 63.3. The Kier molecular flexibility index (Phi) is 40.5. The monoisotopic (exact) mass is 1480 g/mol. The number of carbonyl (C=O) groups excluding carboxylic acids is 6. The Morgan fingerprint density at radius 3 is 0.962 bits per heavy atom. The Balaban J connectivity index is 0.000000254. The summed E-state index contributed by atoms with van der Waals surface area (Å²) in [5.74, 6) is 4.65. The van der Waals surface area contributed by atoms with E-state index >= 15 is 0 Å². The zero-order valence-corrected chi connectivity index (χ0v) is 63.3. The fourth-order valence-corrected chi connectivity index (χ4v) is 10.5. The van der Waals surface area contributed by atoms with Crippen LogP contribution in [0, 0.1) is 17.8 Å². The molecule has 0 bridgehead atoms. The molecule has 586 valence electrons. The maximum Gasteiger partial charge on any atom is 0.412 e. The number of hydrogen-bond acceptors (Lipinski definition) is 25. The van der Waals surface area contributed by atoms with E-state index in [0.29, 0.717) is 177 Å². The number of rotatable bonds is 32. The second-order valence-electron chi connectivity index (χ2n) is 25.1. The van der Waals surface area contributed by atoms with Crippen molar-refractivity contribution in [2.75, 3.05) is 152 Å². The smallest absolute Gasteiger partial charge is 0.412 e. The van der Waals surface area contributed by atoms with Crippen LogP contribution in [0.15, 0.2) is 97.1 Å². The molecule has 29 nitrogen and oxygen atoms in total. The maximum atomic E-state index is 12.3. The third-order valence-electron chi connectivity index (χ3n) is 16.1. The minimum atomic E-state index is -0.570. The number of hydrogen-bond donors (Lipinski definition) is 1. The summed E-state index contributed by atoms with van der Waals surface area (Å²) in [6.07, 6.45) is -2.04. The molecule has 0 radical (unpaired) electrons. The van der Waals surface area contributed by atoms with E-state index in [1.165, 1.54) is 9.80 Å². The lowest BCUT2D eigenvalue weighted by Crippen LogP contribution is -2.48. The van der Waals surface area contributed by atoms with Gasteiger partial charge in [-0.25, -0.2) is 19.2 Å². The van der Waals surface area contributed by atoms with Crippen molar-refractivity contribution in [2.45, 2.75) is 132 Å². The van der Waals surface area contributed by atoms with Crippen LogP contribution in [0.5, 0.6) is 46.0 Å². The first kappa shape index (κ1) is 86.7. The molecule has 2 N–H and O–H groups in total. The molecule has 8 rings (SSSR count). The van der Waals surface area contributed by atoms with Crippen molar-refractivity contribution >= 4 is 36.3 Å². The van der Waals surface area contributed by atoms with Gasteiger partial charge in [-0.1, -0.05) is 83.1 Å². The van der Waals surface area contributed by atoms with Crippen LogP contribution >= 0.6 is 0 Å². The van der Waals surface area contributed by atoms with E-state index < -0.39 is 24.9 Å². The number of carbonyl (C=O) groups is 6. The number of nitrogens with zero attached hydrogens (tertiary/aromatic N) is 4. The lowest BCUT2D eigenvalue weighted by atomic mass is 9.94. The van der Waals surface area contributed by atoms with Crippen molar-refractivity contribution in [3.8, 4) is 46.0 Å². The largest absolute Gasteiger partial charge is 0.490 e. The summed E-state index contributed by atoms with van der Waals surface area (Å²) in [4.78, 5) is 78.3. The predicted octanol–water partition coefficient (Wildman–Crippen LogP) is 10.7. The van der Waals surface area contributed by atoms with Gasteiger partial charge >= 0.3 is 36.3 Å². The van der Waals surface area contributed by atoms with Crippen LogP contribution in [0.1, 0.15) is 95.9 Å². The van der Waals surface area contributed by atoms with Gasteiger partial charge in [0.2, 0.25) is 13.6 Å². The topological polar surface area (TPSA) is 308 Å². The first-order chi connectivity index (χ1) is 50.7. The summed E-state index contributed by atoms with van der Waals surface area (Å²) in [5, 5.41) is 0. The minimum Gasteiger partial charge on any atom is -0.490 e. The Morgan fingerprint density at radius 1 is 0.390 bits per heavy atom. The van der Waals surface area contributed by atoms with Crippen molar-refractivity contribution in [1.82, 2.24) is 19.6 Å². The molecular formula is C76H113N5O24. The van der Waals surface area contributed by atoms with Crippen molar-refractivity contribution in [3.63, 3.8) is 0 Å². The number of nitrogens with two attached hydrogens (primary N) is 1. The molecule has 4 fully saturated rings. The normalized spacial score (nSPS) is 17.6. The highest BCUT2D eigenvalue weighted by molar-refractivity contribution is 5.73. The van der Waals surface area contributed by atoms with Gasteiger partial charge in [0.15, 0.2) is 46.0 Å². The molecule has 4 heterocycles. The van der Waals surface area contributed by atoms with Gasteiger partial charge in [0, 0.05) is 32.2 Å². The van der Waals surface area contributed by atoms with Crippen molar-refractivity contribution in [1.29, 1.82) is 0 Å². The van der Waals surface area contributed by atoms with E-state index in [-0.39, 0.29) is 98.9 Å². The zero-order chi connectivity index (χ0) is 76.3. The standard InChI is InChI=1S/C22H33NO7.C21H32N2O7.C17H25NO5.C16H23NO5/c1-5-18(16(3)4)21(24)29-15-30-22(25)23-11-12-27-17(13-23)14-28-20-10-8-7-9-19(20)26-6-2;1-4-26-18-7-5-6-8-19(18)28-13-16-12-23(9-10-27-16)21(25)30-14-29-20(24)11-17(22)15(2)3;1-4-20-15-7-5-6-8-16(15)22-12-14-11-18(9-10-21-14)17(19)23-13(2)3;1-3-19-14-7-5-6-8-15(14)22-12-13-11-17(9-10-21-13)16(18)20-4-2/h7-10,16-18H,5-6,11-15H2,1-4H3;5-8,15-17H,4,9-14,22H2,1-3H3;5-8,13-14H,4,9-12H2,1-3H3;5-8,13H,3-4,9-12H2,1-2H3. The van der Waals surface area contributed by atoms with E-state index in [1.807, 2.05) is 173 Å². The summed E-state index contributed by atoms with van der Waals surface area (Å²) in [6.45, 7) is 31.0. The van der Waals surface area contributed by atoms with Gasteiger partial charge in [-0.2, -0.15) is 0 Å². The maximum absolute atomic E-state index is 12.3. The molecule has 4 aliphatic heterocycles. The number of benzene rings is 4. The lowest BCUT2D eigenvalue weighted by Gasteiger charge is -2.32. The molecule has 0 aromatic heterocycles. The van der Waals surface area contributed by atoms with Crippen LogP contribution in [0.2, 0.25) is 0 Å². The molecule has 4 saturated heterocycles. The quantitative estimate of drug-likeness (QED) is 0.0270. The first-order valence-electron chi connectivity index (χ1n) is 36.3. The highest BCUT2D eigenvalue weighted by Gasteiger charge is 2.31. The molecular weight excluding hydrogens is 1370 g/mol. The Bertz CT molecular complexity index is 3160. The molecule has 29 heteroatoms. The highest BCUT2D eigenvalue weighted by atomic mass is 16.7. The van der Waals surface area contributed by atoms with Crippen LogP contribution in [-0.4, -0.2) is 244 Å². The van der Waals surface area contributed by atoms with Gasteiger partial charge in [-0.05, 0) is 115 Å². The number of esters is 2. The average molecular weight is 1480 g/mol. The fourth-order valence-electron chi connectivity index (χ4n) is 10.5. The third-order valence-corrected chi connectivity index (χ3v) is 16.1. The summed E-state index contributed by atoms with van der Waals surface area (Å²) < 4.78 is 98.5. The number of amides is 4. The van der Waals surface area contributed by atoms with E-state index in [0.717, 1.165) is 0 Å². The van der Waals surface area contributed by atoms with E-state index in [2.05, 4.69) is 0 Å². The predicted molar refractivity (Wildman–Crippen MR) is 387 cm³/mol. The van der Waals surface area contributed by atoms with E-state index in [9.17, 15) is 28.8 Å². The highest BCUT2D eigenvalue weighted by Crippen LogP contribution is 2.31. The molecule has 6 atom stereocenters. The van der Waals surface area contributed by atoms with Gasteiger partial charge in [0.1, 0.15) is 50.8 Å². The van der Waals surface area contributed by atoms with Gasteiger partial charge in [0.05, 0.1) is 104 Å². The van der Waals surface area contributed by atoms with Gasteiger partial charge in [-0.15, -0.1) is 0 Å². The van der Waals surface area contributed by atoms with Crippen molar-refractivity contribution in [3.05, 3.63) is 97.1 Å². The van der Waals surface area contributed by atoms with E-state index in [1.54, 1.807) is 16.7 Å². The number of morpholine rings is 4. The lowest BCUT2D eigenvalue weighted by molar-refractivity contribution is -0.159. The van der Waals surface area contributed by atoms with Gasteiger partial charge in [0.25, 0.3) is 0 Å². The Hall–Kier alpha value is -8.90. The molecule has 6 unspecified atom stereocenters. The van der Waals surface area contributed by atoms with Crippen LogP contribution in [0.4, 0.5) is 19.2 Å². The second-order valence-corrected chi connectivity index (χ2v) is 25.1. The summed E-state index contributed by atoms with van der Waals surface area (Å²) in [7, 11) is 0. The summed E-state index contributed by atoms with van der Waals surface area (Å²) >= 11 is 0. The molecule has 0 spiro atoms. The van der Waals surface area contributed by atoms with Crippen LogP contribution < -0.4 is 43.6 Å². The number of para-hydroxylation sites is 8. The molecule has 0 saturated carbocycles. The molecule has 4 aliphatic rings. The van der Waals surface area contributed by atoms with Crippen LogP contribution in [0.3, 0.4) is 0 Å². The average Bonchev–Trinajstić information content (AvgIpc) is 0.880. The summed E-state index contributed by atoms with van der Waals surface area (Å²) in [5.41, 5.74) is 5.83. The van der Waals surface area contributed by atoms with E-state index in [4.69, 9.17) is 91.0 Å². The van der Waals surface area contributed by atoms with Crippen molar-refractivity contribution in [2.24, 2.45) is 23.5 Å². The summed E-state index contributed by atoms with van der Waals surface area (Å²) in [6, 6.07) is 29.5. The minimum absolute atomic E-state index is 0.0788. The molecule has 105 heavy (non-hydrogen) atoms. The molecule has 0 aliphatic carbocycles. The Morgan fingerprint density at radius 2 is 0.686 bits per heavy atom. The van der Waals surface area contributed by atoms with Crippen LogP contribution in [-0.2, 0) is 57.0 Å². The molecule has 4 aromatic carbocycles. The van der Waals surface area contributed by atoms with Gasteiger partial charge < -0.3 is 111 Å². The number of ether oxygens (including phenoxy) is 18.